The van der Waals surface area contributed by atoms with Gasteiger partial charge in [0.2, 0.25) is 0 Å². The van der Waals surface area contributed by atoms with Crippen molar-refractivity contribution in [3.63, 3.8) is 0 Å². The predicted octanol–water partition coefficient (Wildman–Crippen LogP) is 4.35. The summed E-state index contributed by atoms with van der Waals surface area (Å²) in [7, 11) is 0. The quantitative estimate of drug-likeness (QED) is 0.590. The van der Waals surface area contributed by atoms with Crippen LogP contribution in [0.3, 0.4) is 0 Å². The SMILES string of the molecule is Nc1cc(I)c(F)cc1OCc1ccccc1Br. The molecule has 2 rings (SSSR count). The molecule has 0 bridgehead atoms. The van der Waals surface area contributed by atoms with E-state index in [1.165, 1.54) is 6.07 Å². The molecule has 0 aliphatic heterocycles. The zero-order valence-corrected chi connectivity index (χ0v) is 13.0. The average molecular weight is 422 g/mol. The van der Waals surface area contributed by atoms with Gasteiger partial charge in [-0.05, 0) is 34.7 Å². The van der Waals surface area contributed by atoms with Gasteiger partial charge in [0, 0.05) is 16.1 Å². The Bertz CT molecular complexity index is 577. The van der Waals surface area contributed by atoms with Crippen LogP contribution in [0.15, 0.2) is 40.9 Å². The summed E-state index contributed by atoms with van der Waals surface area (Å²) in [4.78, 5) is 0. The summed E-state index contributed by atoms with van der Waals surface area (Å²) in [5.41, 5.74) is 7.20. The molecule has 2 aromatic rings. The van der Waals surface area contributed by atoms with E-state index >= 15 is 0 Å². The van der Waals surface area contributed by atoms with Gasteiger partial charge >= 0.3 is 0 Å². The summed E-state index contributed by atoms with van der Waals surface area (Å²) in [5.74, 6) is 0.0376. The van der Waals surface area contributed by atoms with Crippen molar-refractivity contribution in [2.75, 3.05) is 5.73 Å². The zero-order chi connectivity index (χ0) is 13.1. The predicted molar refractivity (Wildman–Crippen MR) is 82.0 cm³/mol. The van der Waals surface area contributed by atoms with Crippen LogP contribution in [0.25, 0.3) is 0 Å². The van der Waals surface area contributed by atoms with Crippen LogP contribution >= 0.6 is 38.5 Å². The van der Waals surface area contributed by atoms with Gasteiger partial charge in [0.25, 0.3) is 0 Å². The fourth-order valence-electron chi connectivity index (χ4n) is 1.44. The van der Waals surface area contributed by atoms with Gasteiger partial charge in [0.15, 0.2) is 0 Å². The lowest BCUT2D eigenvalue weighted by Gasteiger charge is -2.10. The van der Waals surface area contributed by atoms with E-state index in [0.717, 1.165) is 10.0 Å². The maximum atomic E-state index is 13.4. The van der Waals surface area contributed by atoms with Gasteiger partial charge in [0.1, 0.15) is 18.2 Å². The Hall–Kier alpha value is -0.820. The molecule has 2 nitrogen and oxygen atoms in total. The molecule has 5 heteroatoms. The Balaban J connectivity index is 2.16. The fourth-order valence-corrected chi connectivity index (χ4v) is 2.33. The van der Waals surface area contributed by atoms with E-state index in [2.05, 4.69) is 15.9 Å². The summed E-state index contributed by atoms with van der Waals surface area (Å²) >= 11 is 5.32. The Kier molecular flexibility index (Phi) is 4.45. The summed E-state index contributed by atoms with van der Waals surface area (Å²) in [6.07, 6.45) is 0. The van der Waals surface area contributed by atoms with Crippen LogP contribution in [0.1, 0.15) is 5.56 Å². The first-order valence-electron chi connectivity index (χ1n) is 5.18. The third kappa shape index (κ3) is 3.14. The fraction of sp³-hybridized carbons (Fsp3) is 0.0769. The van der Waals surface area contributed by atoms with Gasteiger partial charge in [-0.2, -0.15) is 0 Å². The minimum absolute atomic E-state index is 0.327. The zero-order valence-electron chi connectivity index (χ0n) is 9.29. The number of hydrogen-bond acceptors (Lipinski definition) is 2. The van der Waals surface area contributed by atoms with Crippen LogP contribution in [-0.2, 0) is 6.61 Å². The summed E-state index contributed by atoms with van der Waals surface area (Å²) in [6.45, 7) is 0.339. The first kappa shape index (κ1) is 13.6. The van der Waals surface area contributed by atoms with E-state index in [1.807, 2.05) is 46.9 Å². The van der Waals surface area contributed by atoms with E-state index in [-0.39, 0.29) is 5.82 Å². The maximum Gasteiger partial charge on any atom is 0.145 e. The highest BCUT2D eigenvalue weighted by molar-refractivity contribution is 14.1. The van der Waals surface area contributed by atoms with Gasteiger partial charge in [-0.15, -0.1) is 0 Å². The van der Waals surface area contributed by atoms with Crippen molar-refractivity contribution in [2.24, 2.45) is 0 Å². The van der Waals surface area contributed by atoms with Crippen molar-refractivity contribution in [3.05, 3.63) is 55.8 Å². The normalized spacial score (nSPS) is 10.4. The molecular weight excluding hydrogens is 412 g/mol. The number of benzene rings is 2. The third-order valence-electron chi connectivity index (χ3n) is 2.39. The average Bonchev–Trinajstić information content (AvgIpc) is 2.34. The van der Waals surface area contributed by atoms with E-state index in [0.29, 0.717) is 21.6 Å². The molecule has 18 heavy (non-hydrogen) atoms. The molecule has 0 fully saturated rings. The van der Waals surface area contributed by atoms with Gasteiger partial charge in [-0.1, -0.05) is 34.1 Å². The molecule has 0 saturated carbocycles. The largest absolute Gasteiger partial charge is 0.487 e. The molecule has 0 spiro atoms. The van der Waals surface area contributed by atoms with Crippen molar-refractivity contribution in [2.45, 2.75) is 6.61 Å². The van der Waals surface area contributed by atoms with Gasteiger partial charge < -0.3 is 10.5 Å². The molecule has 2 N–H and O–H groups in total. The smallest absolute Gasteiger partial charge is 0.145 e. The van der Waals surface area contributed by atoms with Crippen molar-refractivity contribution in [3.8, 4) is 5.75 Å². The lowest BCUT2D eigenvalue weighted by atomic mass is 10.2. The van der Waals surface area contributed by atoms with Crippen LogP contribution in [0.5, 0.6) is 5.75 Å². The second kappa shape index (κ2) is 5.88. The van der Waals surface area contributed by atoms with Crippen LogP contribution in [-0.4, -0.2) is 0 Å². The molecule has 2 aromatic carbocycles. The molecule has 0 aliphatic rings. The standard InChI is InChI=1S/C13H10BrFINO/c14-9-4-2-1-3-8(9)7-18-13-5-10(15)11(16)6-12(13)17/h1-6H,7,17H2. The van der Waals surface area contributed by atoms with Crippen molar-refractivity contribution >= 4 is 44.2 Å². The van der Waals surface area contributed by atoms with Gasteiger partial charge in [-0.3, -0.25) is 0 Å². The second-order valence-corrected chi connectivity index (χ2v) is 5.70. The number of nitrogens with two attached hydrogens (primary N) is 1. The van der Waals surface area contributed by atoms with E-state index in [4.69, 9.17) is 10.5 Å². The number of ether oxygens (including phenoxy) is 1. The lowest BCUT2D eigenvalue weighted by molar-refractivity contribution is 0.305. The van der Waals surface area contributed by atoms with Crippen LogP contribution in [0.4, 0.5) is 10.1 Å². The minimum Gasteiger partial charge on any atom is -0.487 e. The van der Waals surface area contributed by atoms with Crippen molar-refractivity contribution in [1.82, 2.24) is 0 Å². The van der Waals surface area contributed by atoms with Gasteiger partial charge in [0.05, 0.1) is 9.26 Å². The van der Waals surface area contributed by atoms with Crippen LogP contribution in [0, 0.1) is 9.39 Å². The molecular formula is C13H10BrFINO. The van der Waals surface area contributed by atoms with E-state index in [9.17, 15) is 4.39 Å². The first-order valence-corrected chi connectivity index (χ1v) is 7.06. The maximum absolute atomic E-state index is 13.4. The summed E-state index contributed by atoms with van der Waals surface area (Å²) in [6, 6.07) is 10.6. The van der Waals surface area contributed by atoms with Crippen molar-refractivity contribution < 1.29 is 9.13 Å². The third-order valence-corrected chi connectivity index (χ3v) is 3.99. The number of hydrogen-bond donors (Lipinski definition) is 1. The lowest BCUT2D eigenvalue weighted by Crippen LogP contribution is -2.01. The number of anilines is 1. The number of rotatable bonds is 3. The molecule has 0 radical (unpaired) electrons. The van der Waals surface area contributed by atoms with Gasteiger partial charge in [-0.25, -0.2) is 4.39 Å². The van der Waals surface area contributed by atoms with Crippen LogP contribution in [0.2, 0.25) is 0 Å². The minimum atomic E-state index is -0.327. The van der Waals surface area contributed by atoms with Crippen LogP contribution < -0.4 is 10.5 Å². The monoisotopic (exact) mass is 421 g/mol. The Morgan fingerprint density at radius 3 is 2.72 bits per heavy atom. The van der Waals surface area contributed by atoms with Crippen molar-refractivity contribution in [1.29, 1.82) is 0 Å². The molecule has 0 aliphatic carbocycles. The Morgan fingerprint density at radius 2 is 2.00 bits per heavy atom. The number of nitrogen functional groups attached to an aromatic ring is 1. The molecule has 0 heterocycles. The molecule has 0 saturated heterocycles. The Labute approximate surface area is 127 Å². The highest BCUT2D eigenvalue weighted by Crippen LogP contribution is 2.27. The molecule has 0 unspecified atom stereocenters. The molecule has 94 valence electrons. The van der Waals surface area contributed by atoms with E-state index in [1.54, 1.807) is 6.07 Å². The molecule has 0 atom stereocenters. The highest BCUT2D eigenvalue weighted by Gasteiger charge is 2.08. The molecule has 0 aromatic heterocycles. The molecule has 0 amide bonds. The highest BCUT2D eigenvalue weighted by atomic mass is 127. The summed E-state index contributed by atoms with van der Waals surface area (Å²) in [5, 5.41) is 0. The first-order chi connectivity index (χ1) is 8.58. The Morgan fingerprint density at radius 1 is 1.28 bits per heavy atom. The number of halogens is 3. The second-order valence-electron chi connectivity index (χ2n) is 3.68. The topological polar surface area (TPSA) is 35.2 Å². The van der Waals surface area contributed by atoms with E-state index < -0.39 is 0 Å². The summed E-state index contributed by atoms with van der Waals surface area (Å²) < 4.78 is 20.4.